The smallest absolute Gasteiger partial charge is 0.268 e. The summed E-state index contributed by atoms with van der Waals surface area (Å²) in [6.07, 6.45) is 3.10. The molecule has 0 aliphatic rings. The van der Waals surface area contributed by atoms with E-state index in [0.29, 0.717) is 5.89 Å². The molecule has 0 radical (unpaired) electrons. The van der Waals surface area contributed by atoms with E-state index >= 15 is 0 Å². The van der Waals surface area contributed by atoms with Gasteiger partial charge in [0.05, 0.1) is 9.88 Å². The fraction of sp³-hybridized carbons (Fsp3) is 0.455. The molecule has 2 aromatic rings. The third kappa shape index (κ3) is 2.24. The topological polar surface area (TPSA) is 64.9 Å². The van der Waals surface area contributed by atoms with Crippen LogP contribution in [-0.4, -0.2) is 10.1 Å². The van der Waals surface area contributed by atoms with Crippen molar-refractivity contribution < 1.29 is 4.52 Å². The van der Waals surface area contributed by atoms with E-state index in [9.17, 15) is 0 Å². The van der Waals surface area contributed by atoms with Crippen LogP contribution in [0.25, 0.3) is 10.8 Å². The molecule has 86 valence electrons. The molecule has 0 bridgehead atoms. The minimum Gasteiger partial charge on any atom is -0.391 e. The van der Waals surface area contributed by atoms with Crippen LogP contribution in [0.2, 0.25) is 0 Å². The van der Waals surface area contributed by atoms with E-state index in [4.69, 9.17) is 10.3 Å². The number of nitrogen functional groups attached to an aromatic ring is 1. The summed E-state index contributed by atoms with van der Waals surface area (Å²) in [5.41, 5.74) is 6.82. The van der Waals surface area contributed by atoms with Crippen molar-refractivity contribution >= 4 is 16.3 Å². The predicted molar refractivity (Wildman–Crippen MR) is 65.4 cm³/mol. The molecule has 0 spiro atoms. The standard InChI is InChI=1S/C11H15N3OS/c1-3-4-5-9-13-11(15-14-9)10-7(2)6-8(12)16-10/h6H,3-5,12H2,1-2H3. The molecule has 4 nitrogen and oxygen atoms in total. The van der Waals surface area contributed by atoms with Gasteiger partial charge in [-0.2, -0.15) is 4.98 Å². The van der Waals surface area contributed by atoms with Crippen molar-refractivity contribution in [2.75, 3.05) is 5.73 Å². The Kier molecular flexibility index (Phi) is 3.24. The van der Waals surface area contributed by atoms with Gasteiger partial charge in [0.25, 0.3) is 5.89 Å². The van der Waals surface area contributed by atoms with Gasteiger partial charge in [-0.05, 0) is 25.0 Å². The van der Waals surface area contributed by atoms with Crippen LogP contribution in [0.4, 0.5) is 5.00 Å². The fourth-order valence-corrected chi connectivity index (χ4v) is 2.36. The molecule has 0 saturated heterocycles. The normalized spacial score (nSPS) is 10.9. The molecule has 0 fully saturated rings. The number of anilines is 1. The monoisotopic (exact) mass is 237 g/mol. The highest BCUT2D eigenvalue weighted by Crippen LogP contribution is 2.32. The number of aromatic nitrogens is 2. The van der Waals surface area contributed by atoms with E-state index in [0.717, 1.165) is 40.5 Å². The number of rotatable bonds is 4. The summed E-state index contributed by atoms with van der Waals surface area (Å²) in [5.74, 6) is 1.37. The number of hydrogen-bond acceptors (Lipinski definition) is 5. The molecule has 16 heavy (non-hydrogen) atoms. The molecule has 2 N–H and O–H groups in total. The van der Waals surface area contributed by atoms with Gasteiger partial charge in [-0.25, -0.2) is 0 Å². The fourth-order valence-electron chi connectivity index (χ4n) is 1.50. The molecule has 0 amide bonds. The largest absolute Gasteiger partial charge is 0.391 e. The Balaban J connectivity index is 2.21. The highest BCUT2D eigenvalue weighted by Gasteiger charge is 2.13. The van der Waals surface area contributed by atoms with Gasteiger partial charge in [-0.3, -0.25) is 0 Å². The molecule has 0 aromatic carbocycles. The van der Waals surface area contributed by atoms with Crippen LogP contribution in [0.15, 0.2) is 10.6 Å². The van der Waals surface area contributed by atoms with Crippen LogP contribution in [0.3, 0.4) is 0 Å². The van der Waals surface area contributed by atoms with Crippen LogP contribution >= 0.6 is 11.3 Å². The maximum Gasteiger partial charge on any atom is 0.268 e. The first-order valence-electron chi connectivity index (χ1n) is 5.39. The number of nitrogens with two attached hydrogens (primary N) is 1. The van der Waals surface area contributed by atoms with Crippen LogP contribution in [-0.2, 0) is 6.42 Å². The summed E-state index contributed by atoms with van der Waals surface area (Å²) in [6.45, 7) is 4.14. The third-order valence-electron chi connectivity index (χ3n) is 2.35. The third-order valence-corrected chi connectivity index (χ3v) is 3.41. The molecule has 0 unspecified atom stereocenters. The molecule has 2 rings (SSSR count). The van der Waals surface area contributed by atoms with Gasteiger partial charge in [0.15, 0.2) is 5.82 Å². The number of aryl methyl sites for hydroxylation is 2. The zero-order valence-corrected chi connectivity index (χ0v) is 10.3. The van der Waals surface area contributed by atoms with Crippen LogP contribution in [0, 0.1) is 6.92 Å². The van der Waals surface area contributed by atoms with Crippen molar-refractivity contribution in [2.45, 2.75) is 33.1 Å². The lowest BCUT2D eigenvalue weighted by molar-refractivity contribution is 0.422. The number of unbranched alkanes of at least 4 members (excludes halogenated alkanes) is 1. The molecule has 0 saturated carbocycles. The van der Waals surface area contributed by atoms with E-state index in [2.05, 4.69) is 17.1 Å². The van der Waals surface area contributed by atoms with Gasteiger partial charge in [0, 0.05) is 6.42 Å². The van der Waals surface area contributed by atoms with E-state index in [1.54, 1.807) is 0 Å². The van der Waals surface area contributed by atoms with Gasteiger partial charge in [0.1, 0.15) is 0 Å². The number of thiophene rings is 1. The van der Waals surface area contributed by atoms with Gasteiger partial charge < -0.3 is 10.3 Å². The maximum absolute atomic E-state index is 5.73. The summed E-state index contributed by atoms with van der Waals surface area (Å²) < 4.78 is 5.24. The zero-order valence-electron chi connectivity index (χ0n) is 9.49. The molecule has 0 aliphatic carbocycles. The van der Waals surface area contributed by atoms with E-state index in [1.165, 1.54) is 11.3 Å². The molecular weight excluding hydrogens is 222 g/mol. The lowest BCUT2D eigenvalue weighted by Crippen LogP contribution is -1.86. The zero-order chi connectivity index (χ0) is 11.5. The minimum atomic E-state index is 0.588. The van der Waals surface area contributed by atoms with Gasteiger partial charge in [-0.1, -0.05) is 18.5 Å². The highest BCUT2D eigenvalue weighted by molar-refractivity contribution is 7.19. The SMILES string of the molecule is CCCCc1noc(-c2sc(N)cc2C)n1. The first-order chi connectivity index (χ1) is 7.70. The summed E-state index contributed by atoms with van der Waals surface area (Å²) >= 11 is 1.49. The van der Waals surface area contributed by atoms with Crippen LogP contribution < -0.4 is 5.73 Å². The molecule has 0 atom stereocenters. The average Bonchev–Trinajstić information content (AvgIpc) is 2.82. The Morgan fingerprint density at radius 3 is 2.94 bits per heavy atom. The second-order valence-electron chi connectivity index (χ2n) is 3.78. The number of hydrogen-bond donors (Lipinski definition) is 1. The second-order valence-corrected chi connectivity index (χ2v) is 4.86. The second kappa shape index (κ2) is 4.65. The summed E-state index contributed by atoms with van der Waals surface area (Å²) in [7, 11) is 0. The Morgan fingerprint density at radius 2 is 2.31 bits per heavy atom. The maximum atomic E-state index is 5.73. The van der Waals surface area contributed by atoms with Crippen molar-refractivity contribution in [3.8, 4) is 10.8 Å². The average molecular weight is 237 g/mol. The lowest BCUT2D eigenvalue weighted by atomic mass is 10.2. The van der Waals surface area contributed by atoms with Crippen molar-refractivity contribution in [3.05, 3.63) is 17.5 Å². The van der Waals surface area contributed by atoms with E-state index in [-0.39, 0.29) is 0 Å². The van der Waals surface area contributed by atoms with Crippen LogP contribution in [0.1, 0.15) is 31.2 Å². The van der Waals surface area contributed by atoms with Crippen molar-refractivity contribution in [1.29, 1.82) is 0 Å². The van der Waals surface area contributed by atoms with E-state index < -0.39 is 0 Å². The summed E-state index contributed by atoms with van der Waals surface area (Å²) in [5, 5.41) is 4.74. The summed E-state index contributed by atoms with van der Waals surface area (Å²) in [6, 6.07) is 1.93. The van der Waals surface area contributed by atoms with Crippen molar-refractivity contribution in [3.63, 3.8) is 0 Å². The highest BCUT2D eigenvalue weighted by atomic mass is 32.1. The van der Waals surface area contributed by atoms with Gasteiger partial charge >= 0.3 is 0 Å². The lowest BCUT2D eigenvalue weighted by Gasteiger charge is -1.89. The first kappa shape index (κ1) is 11.1. The van der Waals surface area contributed by atoms with Crippen molar-refractivity contribution in [1.82, 2.24) is 10.1 Å². The molecular formula is C11H15N3OS. The Morgan fingerprint density at radius 1 is 1.50 bits per heavy atom. The van der Waals surface area contributed by atoms with Gasteiger partial charge in [-0.15, -0.1) is 11.3 Å². The van der Waals surface area contributed by atoms with Crippen molar-refractivity contribution in [2.24, 2.45) is 0 Å². The first-order valence-corrected chi connectivity index (χ1v) is 6.21. The number of nitrogens with zero attached hydrogens (tertiary/aromatic N) is 2. The minimum absolute atomic E-state index is 0.588. The Bertz CT molecular complexity index is 475. The molecule has 2 aromatic heterocycles. The summed E-state index contributed by atoms with van der Waals surface area (Å²) in [4.78, 5) is 5.35. The Labute approximate surface area is 98.5 Å². The predicted octanol–water partition coefficient (Wildman–Crippen LogP) is 3.03. The molecule has 0 aliphatic heterocycles. The molecule has 5 heteroatoms. The van der Waals surface area contributed by atoms with Crippen LogP contribution in [0.5, 0.6) is 0 Å². The quantitative estimate of drug-likeness (QED) is 0.887. The Hall–Kier alpha value is -1.36. The molecule has 2 heterocycles. The van der Waals surface area contributed by atoms with E-state index in [1.807, 2.05) is 13.0 Å². The van der Waals surface area contributed by atoms with Gasteiger partial charge in [0.2, 0.25) is 0 Å².